The van der Waals surface area contributed by atoms with Crippen molar-refractivity contribution in [3.8, 4) is 5.75 Å². The zero-order valence-electron chi connectivity index (χ0n) is 15.4. The van der Waals surface area contributed by atoms with Crippen LogP contribution in [0.4, 0.5) is 11.4 Å². The third-order valence-electron chi connectivity index (χ3n) is 4.30. The number of sulfonamides is 1. The molecule has 2 aromatic rings. The number of nitrogens with zero attached hydrogens (tertiary/aromatic N) is 1. The third-order valence-corrected chi connectivity index (χ3v) is 6.28. The quantitative estimate of drug-likeness (QED) is 0.789. The third kappa shape index (κ3) is 4.39. The van der Waals surface area contributed by atoms with E-state index >= 15 is 0 Å². The van der Waals surface area contributed by atoms with Crippen LogP contribution in [-0.4, -0.2) is 39.5 Å². The number of carbonyl (C=O) groups is 1. The molecule has 144 valence electrons. The molecule has 0 aromatic heterocycles. The minimum absolute atomic E-state index is 0.178. The Balaban J connectivity index is 1.89. The number of aryl methyl sites for hydroxylation is 1. The molecule has 2 aromatic carbocycles. The summed E-state index contributed by atoms with van der Waals surface area (Å²) in [5.74, 6) is 0.0974. The number of ether oxygens (including phenoxy) is 1. The van der Waals surface area contributed by atoms with Crippen LogP contribution < -0.4 is 14.4 Å². The van der Waals surface area contributed by atoms with Gasteiger partial charge in [-0.05, 0) is 43.0 Å². The highest BCUT2D eigenvalue weighted by molar-refractivity contribution is 7.98. The fourth-order valence-electron chi connectivity index (χ4n) is 2.98. The Bertz CT molecular complexity index is 960. The van der Waals surface area contributed by atoms with E-state index in [9.17, 15) is 13.2 Å². The van der Waals surface area contributed by atoms with Crippen molar-refractivity contribution in [2.45, 2.75) is 24.3 Å². The first kappa shape index (κ1) is 19.6. The van der Waals surface area contributed by atoms with E-state index in [0.29, 0.717) is 17.1 Å². The van der Waals surface area contributed by atoms with E-state index in [2.05, 4.69) is 5.32 Å². The van der Waals surface area contributed by atoms with Gasteiger partial charge in [-0.15, -0.1) is 11.8 Å². The van der Waals surface area contributed by atoms with Gasteiger partial charge in [-0.25, -0.2) is 8.42 Å². The molecule has 0 radical (unpaired) electrons. The van der Waals surface area contributed by atoms with Crippen molar-refractivity contribution >= 4 is 39.1 Å². The molecule has 8 heteroatoms. The molecule has 1 unspecified atom stereocenters. The maximum atomic E-state index is 12.8. The fourth-order valence-corrected chi connectivity index (χ4v) is 4.47. The summed E-state index contributed by atoms with van der Waals surface area (Å²) in [4.78, 5) is 13.8. The lowest BCUT2D eigenvalue weighted by Gasteiger charge is -2.21. The standard InChI is InChI=1S/C19H22N2O4S2/c1-13-8-9-16-15(12-13)21(27(3,23)24)11-10-17(25-16)19(22)20-14-6-4-5-7-18(14)26-2/h4-9,12,17H,10-11H2,1-3H3,(H,20,22). The van der Waals surface area contributed by atoms with Crippen molar-refractivity contribution < 1.29 is 17.9 Å². The van der Waals surface area contributed by atoms with Crippen LogP contribution in [0.3, 0.4) is 0 Å². The second kappa shape index (κ2) is 7.82. The minimum Gasteiger partial charge on any atom is -0.478 e. The predicted molar refractivity (Wildman–Crippen MR) is 109 cm³/mol. The molecule has 0 aliphatic carbocycles. The molecule has 0 saturated heterocycles. The van der Waals surface area contributed by atoms with Gasteiger partial charge in [0.25, 0.3) is 5.91 Å². The molecule has 0 saturated carbocycles. The number of amides is 1. The van der Waals surface area contributed by atoms with Crippen molar-refractivity contribution in [3.05, 3.63) is 48.0 Å². The fraction of sp³-hybridized carbons (Fsp3) is 0.316. The van der Waals surface area contributed by atoms with Gasteiger partial charge in [-0.3, -0.25) is 9.10 Å². The lowest BCUT2D eigenvalue weighted by molar-refractivity contribution is -0.122. The van der Waals surface area contributed by atoms with E-state index in [-0.39, 0.29) is 18.9 Å². The number of nitrogens with one attached hydrogen (secondary N) is 1. The van der Waals surface area contributed by atoms with Crippen LogP contribution in [0.15, 0.2) is 47.4 Å². The Hall–Kier alpha value is -2.19. The predicted octanol–water partition coefficient (Wildman–Crippen LogP) is 3.27. The van der Waals surface area contributed by atoms with Gasteiger partial charge in [0.05, 0.1) is 17.6 Å². The summed E-state index contributed by atoms with van der Waals surface area (Å²) in [7, 11) is -3.48. The van der Waals surface area contributed by atoms with Crippen molar-refractivity contribution in [3.63, 3.8) is 0 Å². The molecular formula is C19H22N2O4S2. The Labute approximate surface area is 164 Å². The average molecular weight is 407 g/mol. The molecule has 6 nitrogen and oxygen atoms in total. The Morgan fingerprint density at radius 3 is 2.70 bits per heavy atom. The Morgan fingerprint density at radius 1 is 1.26 bits per heavy atom. The van der Waals surface area contributed by atoms with Crippen LogP contribution in [-0.2, 0) is 14.8 Å². The second-order valence-electron chi connectivity index (χ2n) is 6.39. The summed E-state index contributed by atoms with van der Waals surface area (Å²) in [5, 5.41) is 2.90. The molecule has 1 aliphatic rings. The van der Waals surface area contributed by atoms with Crippen LogP contribution in [0.2, 0.25) is 0 Å². The van der Waals surface area contributed by atoms with E-state index in [0.717, 1.165) is 16.7 Å². The van der Waals surface area contributed by atoms with Gasteiger partial charge in [0.15, 0.2) is 6.10 Å². The summed E-state index contributed by atoms with van der Waals surface area (Å²) in [6, 6.07) is 12.8. The number of anilines is 2. The SMILES string of the molecule is CSc1ccccc1NC(=O)C1CCN(S(C)(=O)=O)c2cc(C)ccc2O1. The normalized spacial score (nSPS) is 16.9. The zero-order valence-corrected chi connectivity index (χ0v) is 17.1. The lowest BCUT2D eigenvalue weighted by Crippen LogP contribution is -2.36. The van der Waals surface area contributed by atoms with Gasteiger partial charge < -0.3 is 10.1 Å². The van der Waals surface area contributed by atoms with Crippen molar-refractivity contribution in [1.29, 1.82) is 0 Å². The van der Waals surface area contributed by atoms with Gasteiger partial charge in [-0.2, -0.15) is 0 Å². The average Bonchev–Trinajstić information content (AvgIpc) is 2.81. The van der Waals surface area contributed by atoms with E-state index in [1.807, 2.05) is 43.5 Å². The number of para-hydroxylation sites is 1. The van der Waals surface area contributed by atoms with Crippen LogP contribution in [0.1, 0.15) is 12.0 Å². The summed E-state index contributed by atoms with van der Waals surface area (Å²) < 4.78 is 31.7. The van der Waals surface area contributed by atoms with Gasteiger partial charge in [0.1, 0.15) is 5.75 Å². The molecule has 1 heterocycles. The van der Waals surface area contributed by atoms with Crippen molar-refractivity contribution in [2.75, 3.05) is 28.7 Å². The van der Waals surface area contributed by atoms with Crippen molar-refractivity contribution in [2.24, 2.45) is 0 Å². The number of rotatable bonds is 4. The van der Waals surface area contributed by atoms with Crippen LogP contribution in [0, 0.1) is 6.92 Å². The molecular weight excluding hydrogens is 384 g/mol. The maximum absolute atomic E-state index is 12.8. The Kier molecular flexibility index (Phi) is 5.67. The van der Waals surface area contributed by atoms with Crippen molar-refractivity contribution in [1.82, 2.24) is 0 Å². The number of hydrogen-bond acceptors (Lipinski definition) is 5. The summed E-state index contributed by atoms with van der Waals surface area (Å²) in [5.41, 5.74) is 2.10. The summed E-state index contributed by atoms with van der Waals surface area (Å²) >= 11 is 1.54. The van der Waals surface area contributed by atoms with E-state index in [1.54, 1.807) is 12.1 Å². The highest BCUT2D eigenvalue weighted by Crippen LogP contribution is 2.35. The lowest BCUT2D eigenvalue weighted by atomic mass is 10.2. The van der Waals surface area contributed by atoms with Gasteiger partial charge in [-0.1, -0.05) is 18.2 Å². The highest BCUT2D eigenvalue weighted by atomic mass is 32.2. The van der Waals surface area contributed by atoms with E-state index in [4.69, 9.17) is 4.74 Å². The molecule has 0 fully saturated rings. The molecule has 0 bridgehead atoms. The molecule has 1 amide bonds. The molecule has 27 heavy (non-hydrogen) atoms. The second-order valence-corrected chi connectivity index (χ2v) is 9.15. The molecule has 1 atom stereocenters. The largest absolute Gasteiger partial charge is 0.478 e. The van der Waals surface area contributed by atoms with Crippen LogP contribution >= 0.6 is 11.8 Å². The molecule has 1 aliphatic heterocycles. The van der Waals surface area contributed by atoms with E-state index < -0.39 is 16.1 Å². The summed E-state index contributed by atoms with van der Waals surface area (Å²) in [6.45, 7) is 2.06. The van der Waals surface area contributed by atoms with E-state index in [1.165, 1.54) is 16.1 Å². The molecule has 3 rings (SSSR count). The topological polar surface area (TPSA) is 75.7 Å². The maximum Gasteiger partial charge on any atom is 0.265 e. The smallest absolute Gasteiger partial charge is 0.265 e. The monoisotopic (exact) mass is 406 g/mol. The molecule has 0 spiro atoms. The van der Waals surface area contributed by atoms with Crippen LogP contribution in [0.25, 0.3) is 0 Å². The number of thioether (sulfide) groups is 1. The van der Waals surface area contributed by atoms with Gasteiger partial charge in [0, 0.05) is 17.9 Å². The first-order chi connectivity index (χ1) is 12.8. The van der Waals surface area contributed by atoms with Crippen LogP contribution in [0.5, 0.6) is 5.75 Å². The van der Waals surface area contributed by atoms with Gasteiger partial charge in [0.2, 0.25) is 10.0 Å². The first-order valence-electron chi connectivity index (χ1n) is 8.48. The number of hydrogen-bond donors (Lipinski definition) is 1. The number of carbonyl (C=O) groups excluding carboxylic acids is 1. The number of benzene rings is 2. The minimum atomic E-state index is -3.48. The highest BCUT2D eigenvalue weighted by Gasteiger charge is 2.31. The Morgan fingerprint density at radius 2 is 2.00 bits per heavy atom. The first-order valence-corrected chi connectivity index (χ1v) is 11.6. The number of fused-ring (bicyclic) bond motifs is 1. The summed E-state index contributed by atoms with van der Waals surface area (Å²) in [6.07, 6.45) is 2.57. The zero-order chi connectivity index (χ0) is 19.6. The molecule has 1 N–H and O–H groups in total. The van der Waals surface area contributed by atoms with Gasteiger partial charge >= 0.3 is 0 Å².